The van der Waals surface area contributed by atoms with E-state index in [4.69, 9.17) is 16.6 Å². The van der Waals surface area contributed by atoms with Gasteiger partial charge in [-0.3, -0.25) is 14.6 Å². The maximum absolute atomic E-state index is 13.3. The van der Waals surface area contributed by atoms with E-state index < -0.39 is 6.04 Å². The Morgan fingerprint density at radius 1 is 1.06 bits per heavy atom. The van der Waals surface area contributed by atoms with Crippen LogP contribution in [-0.4, -0.2) is 44.2 Å². The Morgan fingerprint density at radius 3 is 2.42 bits per heavy atom. The zero-order chi connectivity index (χ0) is 23.5. The molecular formula is C26H25ClN4O2. The first-order chi connectivity index (χ1) is 15.8. The van der Waals surface area contributed by atoms with Crippen molar-refractivity contribution in [1.29, 1.82) is 0 Å². The van der Waals surface area contributed by atoms with E-state index in [0.29, 0.717) is 22.1 Å². The summed E-state index contributed by atoms with van der Waals surface area (Å²) in [5, 5.41) is 3.41. The van der Waals surface area contributed by atoms with Crippen molar-refractivity contribution in [1.82, 2.24) is 0 Å². The second-order valence-corrected chi connectivity index (χ2v) is 8.53. The smallest absolute Gasteiger partial charge is 0.252 e. The lowest BCUT2D eigenvalue weighted by Crippen LogP contribution is -2.42. The van der Waals surface area contributed by atoms with Crippen molar-refractivity contribution in [3.8, 4) is 0 Å². The van der Waals surface area contributed by atoms with Crippen LogP contribution in [0.15, 0.2) is 77.8 Å². The summed E-state index contributed by atoms with van der Waals surface area (Å²) in [5.41, 5.74) is 4.58. The minimum Gasteiger partial charge on any atom is -0.378 e. The number of nitrogens with zero attached hydrogens (tertiary/aromatic N) is 3. The van der Waals surface area contributed by atoms with E-state index in [2.05, 4.69) is 5.32 Å². The van der Waals surface area contributed by atoms with E-state index in [1.54, 1.807) is 25.1 Å². The van der Waals surface area contributed by atoms with Crippen molar-refractivity contribution < 1.29 is 9.59 Å². The largest absolute Gasteiger partial charge is 0.378 e. The molecule has 0 aromatic heterocycles. The summed E-state index contributed by atoms with van der Waals surface area (Å²) in [4.78, 5) is 34.4. The molecule has 0 fully saturated rings. The Balaban J connectivity index is 1.65. The Hall–Kier alpha value is -3.64. The molecule has 1 unspecified atom stereocenters. The van der Waals surface area contributed by atoms with Gasteiger partial charge in [-0.15, -0.1) is 0 Å². The number of benzodiazepines with no additional fused rings is 1. The summed E-state index contributed by atoms with van der Waals surface area (Å²) in [7, 11) is 3.91. The van der Waals surface area contributed by atoms with Gasteiger partial charge in [0.1, 0.15) is 12.6 Å². The molecule has 0 bridgehead atoms. The molecule has 6 nitrogen and oxygen atoms in total. The molecule has 0 saturated heterocycles. The maximum Gasteiger partial charge on any atom is 0.252 e. The van der Waals surface area contributed by atoms with Gasteiger partial charge in [-0.1, -0.05) is 41.9 Å². The molecule has 7 heteroatoms. The average Bonchev–Trinajstić information content (AvgIpc) is 2.90. The van der Waals surface area contributed by atoms with Crippen LogP contribution in [0.3, 0.4) is 0 Å². The zero-order valence-corrected chi connectivity index (χ0v) is 19.5. The molecule has 1 aliphatic heterocycles. The van der Waals surface area contributed by atoms with Crippen molar-refractivity contribution in [2.45, 2.75) is 13.0 Å². The molecule has 3 aromatic rings. The predicted molar refractivity (Wildman–Crippen MR) is 135 cm³/mol. The zero-order valence-electron chi connectivity index (χ0n) is 18.7. The standard InChI is InChI=1S/C26H25ClN4O2/c1-17-26(33)31(16-24(32)29-20-10-12-21(13-11-20)30(2)3)23-14-9-19(27)15-22(23)25(28-17)18-7-5-4-6-8-18/h4-15,17H,16H2,1-3H3,(H,29,32). The van der Waals surface area contributed by atoms with Gasteiger partial charge in [0, 0.05) is 41.6 Å². The molecule has 168 valence electrons. The molecule has 0 radical (unpaired) electrons. The van der Waals surface area contributed by atoms with Gasteiger partial charge in [0.15, 0.2) is 0 Å². The van der Waals surface area contributed by atoms with Crippen LogP contribution < -0.4 is 15.1 Å². The van der Waals surface area contributed by atoms with E-state index in [9.17, 15) is 9.59 Å². The third-order valence-corrected chi connectivity index (χ3v) is 5.70. The molecule has 0 saturated carbocycles. The van der Waals surface area contributed by atoms with Crippen molar-refractivity contribution in [2.75, 3.05) is 35.8 Å². The lowest BCUT2D eigenvalue weighted by atomic mass is 10.00. The van der Waals surface area contributed by atoms with Gasteiger partial charge in [0.25, 0.3) is 5.91 Å². The molecule has 1 N–H and O–H groups in total. The number of hydrogen-bond acceptors (Lipinski definition) is 4. The van der Waals surface area contributed by atoms with Crippen molar-refractivity contribution in [3.05, 3.63) is 88.9 Å². The summed E-state index contributed by atoms with van der Waals surface area (Å²) in [6, 6.07) is 21.8. The van der Waals surface area contributed by atoms with Gasteiger partial charge in [-0.2, -0.15) is 0 Å². The number of nitrogens with one attached hydrogen (secondary N) is 1. The van der Waals surface area contributed by atoms with E-state index in [1.165, 1.54) is 4.90 Å². The minimum atomic E-state index is -0.654. The Morgan fingerprint density at radius 2 is 1.76 bits per heavy atom. The van der Waals surface area contributed by atoms with E-state index in [1.807, 2.05) is 73.6 Å². The van der Waals surface area contributed by atoms with Crippen molar-refractivity contribution >= 4 is 46.2 Å². The predicted octanol–water partition coefficient (Wildman–Crippen LogP) is 4.62. The first-order valence-electron chi connectivity index (χ1n) is 10.7. The molecule has 2 amide bonds. The fraction of sp³-hybridized carbons (Fsp3) is 0.192. The van der Waals surface area contributed by atoms with E-state index >= 15 is 0 Å². The topological polar surface area (TPSA) is 65.0 Å². The number of rotatable bonds is 5. The minimum absolute atomic E-state index is 0.134. The van der Waals surface area contributed by atoms with Gasteiger partial charge in [0.2, 0.25) is 5.91 Å². The highest BCUT2D eigenvalue weighted by molar-refractivity contribution is 6.32. The van der Waals surface area contributed by atoms with Crippen LogP contribution in [0.4, 0.5) is 17.1 Å². The number of aliphatic imine (C=N–C) groups is 1. The number of anilines is 3. The summed E-state index contributed by atoms with van der Waals surface area (Å²) in [6.07, 6.45) is 0. The summed E-state index contributed by atoms with van der Waals surface area (Å²) in [6.45, 7) is 1.61. The fourth-order valence-corrected chi connectivity index (χ4v) is 3.94. The molecule has 33 heavy (non-hydrogen) atoms. The quantitative estimate of drug-likeness (QED) is 0.604. The first kappa shape index (κ1) is 22.6. The maximum atomic E-state index is 13.3. The summed E-state index contributed by atoms with van der Waals surface area (Å²) in [5.74, 6) is -0.542. The Labute approximate surface area is 198 Å². The lowest BCUT2D eigenvalue weighted by Gasteiger charge is -2.24. The molecule has 1 aliphatic rings. The van der Waals surface area contributed by atoms with Crippen LogP contribution in [0.25, 0.3) is 0 Å². The molecule has 4 rings (SSSR count). The van der Waals surface area contributed by atoms with Gasteiger partial charge >= 0.3 is 0 Å². The van der Waals surface area contributed by atoms with Gasteiger partial charge < -0.3 is 15.1 Å². The van der Waals surface area contributed by atoms with Crippen molar-refractivity contribution in [2.24, 2.45) is 4.99 Å². The molecule has 0 spiro atoms. The summed E-state index contributed by atoms with van der Waals surface area (Å²) < 4.78 is 0. The van der Waals surface area contributed by atoms with Crippen molar-refractivity contribution in [3.63, 3.8) is 0 Å². The van der Waals surface area contributed by atoms with Crippen LogP contribution in [0.5, 0.6) is 0 Å². The van der Waals surface area contributed by atoms with Gasteiger partial charge in [-0.05, 0) is 49.4 Å². The SMILES string of the molecule is CC1N=C(c2ccccc2)c2cc(Cl)ccc2N(CC(=O)Nc2ccc(N(C)C)cc2)C1=O. The fourth-order valence-electron chi connectivity index (χ4n) is 3.77. The Kier molecular flexibility index (Phi) is 6.47. The molecule has 1 heterocycles. The number of benzene rings is 3. The number of carbonyl (C=O) groups excluding carboxylic acids is 2. The second kappa shape index (κ2) is 9.46. The monoisotopic (exact) mass is 460 g/mol. The molecule has 3 aromatic carbocycles. The number of halogens is 1. The van der Waals surface area contributed by atoms with E-state index in [0.717, 1.165) is 16.8 Å². The third kappa shape index (κ3) is 4.91. The highest BCUT2D eigenvalue weighted by atomic mass is 35.5. The Bertz CT molecular complexity index is 1210. The number of amides is 2. The molecular weight excluding hydrogens is 436 g/mol. The van der Waals surface area contributed by atoms with Crippen LogP contribution >= 0.6 is 11.6 Å². The van der Waals surface area contributed by atoms with E-state index in [-0.39, 0.29) is 18.4 Å². The van der Waals surface area contributed by atoms with Crippen LogP contribution in [0.1, 0.15) is 18.1 Å². The molecule has 1 atom stereocenters. The average molecular weight is 461 g/mol. The first-order valence-corrected chi connectivity index (χ1v) is 11.0. The molecule has 0 aliphatic carbocycles. The lowest BCUT2D eigenvalue weighted by molar-refractivity contribution is -0.122. The van der Waals surface area contributed by atoms with Crippen LogP contribution in [0, 0.1) is 0 Å². The highest BCUT2D eigenvalue weighted by Crippen LogP contribution is 2.31. The summed E-state index contributed by atoms with van der Waals surface area (Å²) >= 11 is 6.31. The van der Waals surface area contributed by atoms with Gasteiger partial charge in [-0.25, -0.2) is 0 Å². The normalized spacial score (nSPS) is 15.4. The second-order valence-electron chi connectivity index (χ2n) is 8.10. The van der Waals surface area contributed by atoms with Crippen LogP contribution in [0.2, 0.25) is 5.02 Å². The van der Waals surface area contributed by atoms with Gasteiger partial charge in [0.05, 0.1) is 11.4 Å². The number of hydrogen-bond donors (Lipinski definition) is 1. The number of carbonyl (C=O) groups is 2. The highest BCUT2D eigenvalue weighted by Gasteiger charge is 2.31. The number of fused-ring (bicyclic) bond motifs is 1. The van der Waals surface area contributed by atoms with Crippen LogP contribution in [-0.2, 0) is 9.59 Å². The third-order valence-electron chi connectivity index (χ3n) is 5.47.